The molecule has 0 aromatic heterocycles. The highest BCUT2D eigenvalue weighted by atomic mass is 35.5. The van der Waals surface area contributed by atoms with Crippen LogP contribution in [0.5, 0.6) is 0 Å². The van der Waals surface area contributed by atoms with Crippen LogP contribution in [-0.2, 0) is 4.79 Å². The molecule has 3 rings (SSSR count). The summed E-state index contributed by atoms with van der Waals surface area (Å²) >= 11 is 7.43. The minimum atomic E-state index is -0.137. The largest absolute Gasteiger partial charge is 0.272 e. The number of thioether (sulfide) groups is 1. The third kappa shape index (κ3) is 5.98. The average molecular weight is 395 g/mol. The number of hydrazone groups is 1. The van der Waals surface area contributed by atoms with Gasteiger partial charge in [-0.15, -0.1) is 11.8 Å². The van der Waals surface area contributed by atoms with Crippen LogP contribution in [0.25, 0.3) is 0 Å². The highest BCUT2D eigenvalue weighted by Crippen LogP contribution is 2.35. The maximum atomic E-state index is 12.2. The van der Waals surface area contributed by atoms with Crippen molar-refractivity contribution in [3.05, 3.63) is 107 Å². The predicted octanol–water partition coefficient (Wildman–Crippen LogP) is 5.31. The van der Waals surface area contributed by atoms with Gasteiger partial charge in [-0.25, -0.2) is 5.43 Å². The lowest BCUT2D eigenvalue weighted by Crippen LogP contribution is -2.20. The second-order valence-electron chi connectivity index (χ2n) is 5.86. The number of hydrogen-bond donors (Lipinski definition) is 1. The zero-order valence-corrected chi connectivity index (χ0v) is 16.2. The summed E-state index contributed by atoms with van der Waals surface area (Å²) in [5.41, 5.74) is 5.80. The second-order valence-corrected chi connectivity index (χ2v) is 7.39. The first-order chi connectivity index (χ1) is 13.2. The fourth-order valence-corrected chi connectivity index (χ4v) is 3.77. The number of carbonyl (C=O) groups is 1. The fourth-order valence-electron chi connectivity index (χ4n) is 2.56. The number of benzene rings is 3. The Bertz CT molecular complexity index is 844. The molecule has 1 N–H and O–H groups in total. The monoisotopic (exact) mass is 394 g/mol. The standard InChI is InChI=1S/C22H19ClN2OS/c23-20-13-11-17(12-14-20)15-24-25-21(26)16-27-22(18-7-3-1-4-8-18)19-9-5-2-6-10-19/h1-15,22H,16H2,(H,25,26)/b24-15+. The topological polar surface area (TPSA) is 41.5 Å². The van der Waals surface area contributed by atoms with Crippen LogP contribution < -0.4 is 5.43 Å². The molecule has 3 nitrogen and oxygen atoms in total. The molecule has 0 unspecified atom stereocenters. The van der Waals surface area contributed by atoms with Crippen molar-refractivity contribution < 1.29 is 4.79 Å². The average Bonchev–Trinajstić information content (AvgIpc) is 2.71. The summed E-state index contributed by atoms with van der Waals surface area (Å²) in [7, 11) is 0. The van der Waals surface area contributed by atoms with E-state index in [4.69, 9.17) is 11.6 Å². The summed E-state index contributed by atoms with van der Waals surface area (Å²) in [4.78, 5) is 12.2. The zero-order valence-electron chi connectivity index (χ0n) is 14.6. The lowest BCUT2D eigenvalue weighted by atomic mass is 10.0. The Morgan fingerprint density at radius 2 is 1.48 bits per heavy atom. The van der Waals surface area contributed by atoms with E-state index >= 15 is 0 Å². The van der Waals surface area contributed by atoms with E-state index in [1.165, 1.54) is 11.1 Å². The molecule has 0 aliphatic rings. The third-order valence-electron chi connectivity index (χ3n) is 3.86. The minimum absolute atomic E-state index is 0.0957. The molecule has 0 saturated carbocycles. The first kappa shape index (κ1) is 19.2. The summed E-state index contributed by atoms with van der Waals surface area (Å²) in [5, 5.41) is 4.78. The number of amides is 1. The number of halogens is 1. The van der Waals surface area contributed by atoms with E-state index in [2.05, 4.69) is 34.8 Å². The van der Waals surface area contributed by atoms with E-state index in [0.29, 0.717) is 10.8 Å². The van der Waals surface area contributed by atoms with E-state index in [1.807, 2.05) is 48.5 Å². The summed E-state index contributed by atoms with van der Waals surface area (Å²) < 4.78 is 0. The zero-order chi connectivity index (χ0) is 18.9. The van der Waals surface area contributed by atoms with Gasteiger partial charge >= 0.3 is 0 Å². The Hall–Kier alpha value is -2.56. The summed E-state index contributed by atoms with van der Waals surface area (Å²) in [6.07, 6.45) is 1.60. The van der Waals surface area contributed by atoms with Crippen molar-refractivity contribution in [3.8, 4) is 0 Å². The summed E-state index contributed by atoms with van der Waals surface area (Å²) in [6, 6.07) is 27.6. The van der Waals surface area contributed by atoms with Crippen molar-refractivity contribution in [2.45, 2.75) is 5.25 Å². The lowest BCUT2D eigenvalue weighted by Gasteiger charge is -2.17. The van der Waals surface area contributed by atoms with Crippen molar-refractivity contribution >= 4 is 35.5 Å². The third-order valence-corrected chi connectivity index (χ3v) is 5.42. The molecule has 3 aromatic rings. The van der Waals surface area contributed by atoms with Crippen LogP contribution in [0.4, 0.5) is 0 Å². The molecule has 0 saturated heterocycles. The summed E-state index contributed by atoms with van der Waals surface area (Å²) in [5.74, 6) is 0.175. The molecular weight excluding hydrogens is 376 g/mol. The lowest BCUT2D eigenvalue weighted by molar-refractivity contribution is -0.118. The Morgan fingerprint density at radius 3 is 2.04 bits per heavy atom. The molecule has 136 valence electrons. The molecule has 0 atom stereocenters. The van der Waals surface area contributed by atoms with Gasteiger partial charge in [0.1, 0.15) is 0 Å². The number of nitrogens with one attached hydrogen (secondary N) is 1. The Morgan fingerprint density at radius 1 is 0.926 bits per heavy atom. The van der Waals surface area contributed by atoms with Crippen LogP contribution >= 0.6 is 23.4 Å². The van der Waals surface area contributed by atoms with Crippen LogP contribution in [-0.4, -0.2) is 17.9 Å². The number of hydrogen-bond acceptors (Lipinski definition) is 3. The molecule has 0 radical (unpaired) electrons. The second kappa shape index (κ2) is 9.95. The van der Waals surface area contributed by atoms with Gasteiger partial charge in [0.25, 0.3) is 0 Å². The maximum Gasteiger partial charge on any atom is 0.250 e. The molecule has 0 heterocycles. The normalized spacial score (nSPS) is 11.0. The molecule has 0 bridgehead atoms. The van der Waals surface area contributed by atoms with Crippen LogP contribution in [0, 0.1) is 0 Å². The van der Waals surface area contributed by atoms with Gasteiger partial charge < -0.3 is 0 Å². The van der Waals surface area contributed by atoms with E-state index in [9.17, 15) is 4.79 Å². The molecular formula is C22H19ClN2OS. The van der Waals surface area contributed by atoms with Crippen molar-refractivity contribution in [1.82, 2.24) is 5.43 Å². The predicted molar refractivity (Wildman–Crippen MR) is 114 cm³/mol. The molecule has 0 aliphatic heterocycles. The van der Waals surface area contributed by atoms with Crippen molar-refractivity contribution in [2.24, 2.45) is 5.10 Å². The van der Waals surface area contributed by atoms with Crippen LogP contribution in [0.15, 0.2) is 90.0 Å². The van der Waals surface area contributed by atoms with E-state index in [0.717, 1.165) is 5.56 Å². The van der Waals surface area contributed by atoms with Gasteiger partial charge in [-0.05, 0) is 28.8 Å². The quantitative estimate of drug-likeness (QED) is 0.435. The van der Waals surface area contributed by atoms with Crippen molar-refractivity contribution in [1.29, 1.82) is 0 Å². The SMILES string of the molecule is O=C(CSC(c1ccccc1)c1ccccc1)N/N=C/c1ccc(Cl)cc1. The van der Waals surface area contributed by atoms with E-state index in [1.54, 1.807) is 30.1 Å². The van der Waals surface area contributed by atoms with Gasteiger partial charge in [-0.2, -0.15) is 5.10 Å². The van der Waals surface area contributed by atoms with Crippen molar-refractivity contribution in [3.63, 3.8) is 0 Å². The number of nitrogens with zero attached hydrogens (tertiary/aromatic N) is 1. The Labute approximate surface area is 168 Å². The Balaban J connectivity index is 1.60. The van der Waals surface area contributed by atoms with Gasteiger partial charge in [-0.1, -0.05) is 84.4 Å². The van der Waals surface area contributed by atoms with Crippen molar-refractivity contribution in [2.75, 3.05) is 5.75 Å². The summed E-state index contributed by atoms with van der Waals surface area (Å²) in [6.45, 7) is 0. The maximum absolute atomic E-state index is 12.2. The fraction of sp³-hybridized carbons (Fsp3) is 0.0909. The highest BCUT2D eigenvalue weighted by Gasteiger charge is 2.16. The van der Waals surface area contributed by atoms with E-state index < -0.39 is 0 Å². The first-order valence-corrected chi connectivity index (χ1v) is 9.94. The molecule has 0 spiro atoms. The molecule has 1 amide bonds. The highest BCUT2D eigenvalue weighted by molar-refractivity contribution is 8.00. The Kier molecular flexibility index (Phi) is 7.08. The van der Waals surface area contributed by atoms with Crippen LogP contribution in [0.1, 0.15) is 21.9 Å². The molecule has 0 aliphatic carbocycles. The van der Waals surface area contributed by atoms with E-state index in [-0.39, 0.29) is 11.2 Å². The van der Waals surface area contributed by atoms with Crippen LogP contribution in [0.2, 0.25) is 5.02 Å². The number of carbonyl (C=O) groups excluding carboxylic acids is 1. The first-order valence-electron chi connectivity index (χ1n) is 8.51. The van der Waals surface area contributed by atoms with Gasteiger partial charge in [0.2, 0.25) is 5.91 Å². The number of rotatable bonds is 7. The molecule has 3 aromatic carbocycles. The van der Waals surface area contributed by atoms with Gasteiger partial charge in [0, 0.05) is 5.02 Å². The molecule has 27 heavy (non-hydrogen) atoms. The smallest absolute Gasteiger partial charge is 0.250 e. The molecule has 5 heteroatoms. The van der Waals surface area contributed by atoms with Gasteiger partial charge in [0.05, 0.1) is 17.2 Å². The molecule has 0 fully saturated rings. The van der Waals surface area contributed by atoms with Gasteiger partial charge in [0.15, 0.2) is 0 Å². The van der Waals surface area contributed by atoms with Crippen LogP contribution in [0.3, 0.4) is 0 Å². The minimum Gasteiger partial charge on any atom is -0.272 e. The van der Waals surface area contributed by atoms with Gasteiger partial charge in [-0.3, -0.25) is 4.79 Å².